The van der Waals surface area contributed by atoms with Gasteiger partial charge in [-0.2, -0.15) is 0 Å². The van der Waals surface area contributed by atoms with Gasteiger partial charge in [-0.1, -0.05) is 46.5 Å². The van der Waals surface area contributed by atoms with Crippen molar-refractivity contribution >= 4 is 0 Å². The maximum atomic E-state index is 10.3. The summed E-state index contributed by atoms with van der Waals surface area (Å²) >= 11 is 0. The summed E-state index contributed by atoms with van der Waals surface area (Å²) < 4.78 is 11.0. The van der Waals surface area contributed by atoms with Crippen LogP contribution in [0.25, 0.3) is 0 Å². The first-order chi connectivity index (χ1) is 9.71. The molecule has 0 amide bonds. The first kappa shape index (κ1) is 19.8. The van der Waals surface area contributed by atoms with E-state index < -0.39 is 12.2 Å². The van der Waals surface area contributed by atoms with E-state index in [1.165, 1.54) is 0 Å². The second-order valence-corrected chi connectivity index (χ2v) is 5.36. The predicted octanol–water partition coefficient (Wildman–Crippen LogP) is 2.76. The lowest BCUT2D eigenvalue weighted by Crippen LogP contribution is -2.38. The summed E-state index contributed by atoms with van der Waals surface area (Å²) in [6, 6.07) is 0. The van der Waals surface area contributed by atoms with Crippen molar-refractivity contribution in [2.24, 2.45) is 5.92 Å². The van der Waals surface area contributed by atoms with Crippen molar-refractivity contribution in [3.8, 4) is 0 Å². The molecule has 0 fully saturated rings. The van der Waals surface area contributed by atoms with Crippen LogP contribution in [0.3, 0.4) is 0 Å². The van der Waals surface area contributed by atoms with Gasteiger partial charge < -0.3 is 19.7 Å². The first-order valence-electron chi connectivity index (χ1n) is 8.19. The second kappa shape index (κ2) is 13.8. The highest BCUT2D eigenvalue weighted by Crippen LogP contribution is 2.20. The van der Waals surface area contributed by atoms with Gasteiger partial charge in [-0.3, -0.25) is 0 Å². The number of ether oxygens (including phenoxy) is 2. The fraction of sp³-hybridized carbons (Fsp3) is 1.00. The molecule has 3 atom stereocenters. The van der Waals surface area contributed by atoms with Crippen LogP contribution in [0.15, 0.2) is 0 Å². The van der Waals surface area contributed by atoms with Crippen molar-refractivity contribution in [3.05, 3.63) is 0 Å². The molecule has 0 radical (unpaired) electrons. The molecule has 0 aliphatic rings. The van der Waals surface area contributed by atoms with Gasteiger partial charge in [-0.25, -0.2) is 0 Å². The van der Waals surface area contributed by atoms with Gasteiger partial charge in [0.2, 0.25) is 0 Å². The van der Waals surface area contributed by atoms with Crippen LogP contribution in [-0.2, 0) is 9.47 Å². The number of aliphatic hydroxyl groups is 2. The summed E-state index contributed by atoms with van der Waals surface area (Å²) in [5.74, 6) is 0.202. The maximum absolute atomic E-state index is 10.3. The molecular formula is C16H34O4. The van der Waals surface area contributed by atoms with Crippen LogP contribution in [0.5, 0.6) is 0 Å². The minimum atomic E-state index is -0.591. The molecule has 2 N–H and O–H groups in total. The Morgan fingerprint density at radius 2 is 1.65 bits per heavy atom. The Morgan fingerprint density at radius 1 is 0.950 bits per heavy atom. The average Bonchev–Trinajstić information content (AvgIpc) is 2.47. The molecule has 0 aromatic carbocycles. The fourth-order valence-electron chi connectivity index (χ4n) is 2.25. The molecule has 0 aliphatic heterocycles. The molecule has 0 aromatic heterocycles. The third-order valence-corrected chi connectivity index (χ3v) is 3.70. The van der Waals surface area contributed by atoms with Crippen molar-refractivity contribution in [2.75, 3.05) is 26.4 Å². The van der Waals surface area contributed by atoms with Crippen LogP contribution in [0.1, 0.15) is 59.3 Å². The van der Waals surface area contributed by atoms with Crippen molar-refractivity contribution in [3.63, 3.8) is 0 Å². The van der Waals surface area contributed by atoms with E-state index in [2.05, 4.69) is 20.8 Å². The molecule has 0 heterocycles. The zero-order valence-corrected chi connectivity index (χ0v) is 13.5. The van der Waals surface area contributed by atoms with Gasteiger partial charge in [-0.15, -0.1) is 0 Å². The molecule has 4 heteroatoms. The average molecular weight is 290 g/mol. The Labute approximate surface area is 124 Å². The van der Waals surface area contributed by atoms with Gasteiger partial charge in [0.15, 0.2) is 0 Å². The molecule has 0 spiro atoms. The molecule has 0 aromatic rings. The van der Waals surface area contributed by atoms with Gasteiger partial charge >= 0.3 is 0 Å². The van der Waals surface area contributed by atoms with E-state index in [4.69, 9.17) is 9.47 Å². The van der Waals surface area contributed by atoms with Crippen molar-refractivity contribution < 1.29 is 19.7 Å². The molecule has 0 rings (SSSR count). The van der Waals surface area contributed by atoms with E-state index in [-0.39, 0.29) is 12.5 Å². The maximum Gasteiger partial charge on any atom is 0.107 e. The summed E-state index contributed by atoms with van der Waals surface area (Å²) in [5.41, 5.74) is 0. The Balaban J connectivity index is 3.96. The molecule has 4 nitrogen and oxygen atoms in total. The van der Waals surface area contributed by atoms with Crippen LogP contribution < -0.4 is 0 Å². The highest BCUT2D eigenvalue weighted by molar-refractivity contribution is 4.76. The van der Waals surface area contributed by atoms with Gasteiger partial charge in [0.1, 0.15) is 6.10 Å². The zero-order valence-electron chi connectivity index (χ0n) is 13.5. The Kier molecular flexibility index (Phi) is 13.7. The van der Waals surface area contributed by atoms with Gasteiger partial charge in [-0.05, 0) is 18.8 Å². The molecule has 20 heavy (non-hydrogen) atoms. The summed E-state index contributed by atoms with van der Waals surface area (Å²) in [4.78, 5) is 0. The summed E-state index contributed by atoms with van der Waals surface area (Å²) in [6.07, 6.45) is 5.22. The van der Waals surface area contributed by atoms with Crippen molar-refractivity contribution in [2.45, 2.75) is 71.5 Å². The van der Waals surface area contributed by atoms with Crippen molar-refractivity contribution in [1.82, 2.24) is 0 Å². The van der Waals surface area contributed by atoms with E-state index in [0.29, 0.717) is 13.2 Å². The van der Waals surface area contributed by atoms with Crippen LogP contribution in [0, 0.1) is 5.92 Å². The second-order valence-electron chi connectivity index (χ2n) is 5.36. The van der Waals surface area contributed by atoms with Crippen LogP contribution in [0.2, 0.25) is 0 Å². The standard InChI is InChI=1S/C16H34O4/c1-4-7-9-14(6-3)16(18)15(13-17)20-12-11-19-10-8-5-2/h14-18H,4-13H2,1-3H3. The molecule has 3 unspecified atom stereocenters. The molecule has 122 valence electrons. The number of hydrogen-bond acceptors (Lipinski definition) is 4. The van der Waals surface area contributed by atoms with Gasteiger partial charge in [0, 0.05) is 6.61 Å². The Bertz CT molecular complexity index is 199. The summed E-state index contributed by atoms with van der Waals surface area (Å²) in [6.45, 7) is 7.90. The van der Waals surface area contributed by atoms with Crippen LogP contribution >= 0.6 is 0 Å². The Hall–Kier alpha value is -0.160. The Morgan fingerprint density at radius 3 is 2.20 bits per heavy atom. The van der Waals surface area contributed by atoms with E-state index in [1.54, 1.807) is 0 Å². The van der Waals surface area contributed by atoms with Gasteiger partial charge in [0.25, 0.3) is 0 Å². The predicted molar refractivity (Wildman–Crippen MR) is 81.9 cm³/mol. The van der Waals surface area contributed by atoms with E-state index in [9.17, 15) is 10.2 Å². The zero-order chi connectivity index (χ0) is 15.2. The molecule has 0 bridgehead atoms. The van der Waals surface area contributed by atoms with Crippen LogP contribution in [0.4, 0.5) is 0 Å². The smallest absolute Gasteiger partial charge is 0.107 e. The van der Waals surface area contributed by atoms with Gasteiger partial charge in [0.05, 0.1) is 25.9 Å². The number of aliphatic hydroxyl groups excluding tert-OH is 2. The normalized spacial score (nSPS) is 16.1. The largest absolute Gasteiger partial charge is 0.394 e. The van der Waals surface area contributed by atoms with Crippen molar-refractivity contribution in [1.29, 1.82) is 0 Å². The van der Waals surface area contributed by atoms with E-state index >= 15 is 0 Å². The highest BCUT2D eigenvalue weighted by Gasteiger charge is 2.26. The lowest BCUT2D eigenvalue weighted by Gasteiger charge is -2.28. The van der Waals surface area contributed by atoms with E-state index in [0.717, 1.165) is 45.1 Å². The van der Waals surface area contributed by atoms with Crippen LogP contribution in [-0.4, -0.2) is 48.8 Å². The fourth-order valence-corrected chi connectivity index (χ4v) is 2.25. The topological polar surface area (TPSA) is 58.9 Å². The number of rotatable bonds is 14. The minimum absolute atomic E-state index is 0.140. The molecular weight excluding hydrogens is 256 g/mol. The number of hydrogen-bond donors (Lipinski definition) is 2. The third-order valence-electron chi connectivity index (χ3n) is 3.70. The SMILES string of the molecule is CCCCOCCOC(CO)C(O)C(CC)CCCC. The lowest BCUT2D eigenvalue weighted by molar-refractivity contribution is -0.0969. The highest BCUT2D eigenvalue weighted by atomic mass is 16.5. The minimum Gasteiger partial charge on any atom is -0.394 e. The van der Waals surface area contributed by atoms with E-state index in [1.807, 2.05) is 0 Å². The first-order valence-corrected chi connectivity index (χ1v) is 8.19. The molecule has 0 saturated heterocycles. The monoisotopic (exact) mass is 290 g/mol. The quantitative estimate of drug-likeness (QED) is 0.483. The summed E-state index contributed by atoms with van der Waals surface area (Å²) in [7, 11) is 0. The molecule has 0 saturated carbocycles. The molecule has 0 aliphatic carbocycles. The summed E-state index contributed by atoms with van der Waals surface area (Å²) in [5, 5.41) is 19.7. The lowest BCUT2D eigenvalue weighted by atomic mass is 9.90. The number of unbranched alkanes of at least 4 members (excludes halogenated alkanes) is 2. The third kappa shape index (κ3) is 8.90.